The number of rotatable bonds is 9. The third kappa shape index (κ3) is 5.03. The van der Waals surface area contributed by atoms with E-state index in [1.165, 1.54) is 21.3 Å². The van der Waals surface area contributed by atoms with Crippen LogP contribution in [0.3, 0.4) is 0 Å². The van der Waals surface area contributed by atoms with Crippen LogP contribution in [0.4, 0.5) is 5.69 Å². The van der Waals surface area contributed by atoms with Crippen LogP contribution in [-0.2, 0) is 11.2 Å². The monoisotopic (exact) mass is 360 g/mol. The Morgan fingerprint density at radius 1 is 1.00 bits per heavy atom. The zero-order valence-electron chi connectivity index (χ0n) is 15.2. The molecule has 0 aliphatic carbocycles. The Balaban J connectivity index is 2.05. The number of anilines is 1. The van der Waals surface area contributed by atoms with E-state index in [0.717, 1.165) is 5.56 Å². The van der Waals surface area contributed by atoms with Gasteiger partial charge in [-0.2, -0.15) is 0 Å². The molecule has 0 radical (unpaired) electrons. The fourth-order valence-corrected chi connectivity index (χ4v) is 2.44. The Morgan fingerprint density at radius 2 is 1.62 bits per heavy atom. The van der Waals surface area contributed by atoms with Crippen molar-refractivity contribution in [2.24, 2.45) is 5.73 Å². The smallest absolute Gasteiger partial charge is 0.228 e. The molecule has 140 valence electrons. The van der Waals surface area contributed by atoms with Crippen molar-refractivity contribution < 1.29 is 23.7 Å². The Hall–Kier alpha value is -2.93. The number of methoxy groups -OCH3 is 3. The molecule has 0 saturated heterocycles. The van der Waals surface area contributed by atoms with E-state index in [0.29, 0.717) is 41.8 Å². The van der Waals surface area contributed by atoms with Gasteiger partial charge in [-0.15, -0.1) is 0 Å². The lowest BCUT2D eigenvalue weighted by Gasteiger charge is -2.14. The van der Waals surface area contributed by atoms with Gasteiger partial charge in [0.1, 0.15) is 12.4 Å². The molecule has 26 heavy (non-hydrogen) atoms. The van der Waals surface area contributed by atoms with Crippen LogP contribution in [0.15, 0.2) is 36.4 Å². The number of nitrogens with two attached hydrogens (primary N) is 1. The zero-order chi connectivity index (χ0) is 18.9. The van der Waals surface area contributed by atoms with Crippen molar-refractivity contribution in [3.63, 3.8) is 0 Å². The van der Waals surface area contributed by atoms with Crippen molar-refractivity contribution in [2.75, 3.05) is 39.8 Å². The third-order valence-corrected chi connectivity index (χ3v) is 3.61. The molecule has 0 bridgehead atoms. The van der Waals surface area contributed by atoms with E-state index in [1.807, 2.05) is 0 Å². The first kappa shape index (κ1) is 19.4. The second-order valence-electron chi connectivity index (χ2n) is 5.42. The van der Waals surface area contributed by atoms with Gasteiger partial charge in [-0.25, -0.2) is 0 Å². The van der Waals surface area contributed by atoms with Crippen LogP contribution in [0.2, 0.25) is 0 Å². The lowest BCUT2D eigenvalue weighted by atomic mass is 10.1. The van der Waals surface area contributed by atoms with Crippen LogP contribution in [0.1, 0.15) is 5.56 Å². The molecular weight excluding hydrogens is 336 g/mol. The fourth-order valence-electron chi connectivity index (χ4n) is 2.44. The number of ether oxygens (including phenoxy) is 4. The minimum atomic E-state index is -0.158. The van der Waals surface area contributed by atoms with Gasteiger partial charge in [-0.05, 0) is 42.0 Å². The third-order valence-electron chi connectivity index (χ3n) is 3.61. The average Bonchev–Trinajstić information content (AvgIpc) is 2.66. The van der Waals surface area contributed by atoms with Gasteiger partial charge in [0.25, 0.3) is 0 Å². The summed E-state index contributed by atoms with van der Waals surface area (Å²) in [6, 6.07) is 10.6. The quantitative estimate of drug-likeness (QED) is 0.712. The summed E-state index contributed by atoms with van der Waals surface area (Å²) in [4.78, 5) is 12.3. The van der Waals surface area contributed by atoms with E-state index in [-0.39, 0.29) is 12.3 Å². The van der Waals surface area contributed by atoms with E-state index in [9.17, 15) is 4.79 Å². The van der Waals surface area contributed by atoms with Crippen molar-refractivity contribution in [1.29, 1.82) is 0 Å². The lowest BCUT2D eigenvalue weighted by molar-refractivity contribution is -0.115. The van der Waals surface area contributed by atoms with Gasteiger partial charge in [0, 0.05) is 12.2 Å². The highest BCUT2D eigenvalue weighted by Crippen LogP contribution is 2.38. The number of nitrogens with one attached hydrogen (secondary N) is 1. The van der Waals surface area contributed by atoms with Crippen molar-refractivity contribution in [3.8, 4) is 23.0 Å². The van der Waals surface area contributed by atoms with Gasteiger partial charge in [0.05, 0.1) is 27.8 Å². The highest BCUT2D eigenvalue weighted by atomic mass is 16.5. The number of hydrogen-bond acceptors (Lipinski definition) is 6. The van der Waals surface area contributed by atoms with E-state index in [1.54, 1.807) is 36.4 Å². The number of benzene rings is 2. The van der Waals surface area contributed by atoms with Crippen molar-refractivity contribution in [2.45, 2.75) is 6.42 Å². The Morgan fingerprint density at radius 3 is 2.12 bits per heavy atom. The summed E-state index contributed by atoms with van der Waals surface area (Å²) in [6.07, 6.45) is 0.169. The Labute approximate surface area is 153 Å². The SMILES string of the molecule is COc1cc(CC(=O)Nc2ccc(OCCN)cc2)cc(OC)c1OC. The van der Waals surface area contributed by atoms with Crippen molar-refractivity contribution >= 4 is 11.6 Å². The highest BCUT2D eigenvalue weighted by molar-refractivity contribution is 5.92. The first-order valence-corrected chi connectivity index (χ1v) is 8.13. The molecule has 1 amide bonds. The molecule has 0 atom stereocenters. The molecule has 2 aromatic carbocycles. The molecule has 3 N–H and O–H groups in total. The predicted molar refractivity (Wildman–Crippen MR) is 99.4 cm³/mol. The van der Waals surface area contributed by atoms with Gasteiger partial charge in [0.15, 0.2) is 11.5 Å². The molecule has 0 aromatic heterocycles. The number of carbonyl (C=O) groups excluding carboxylic acids is 1. The van der Waals surface area contributed by atoms with E-state index in [4.69, 9.17) is 24.7 Å². The minimum Gasteiger partial charge on any atom is -0.493 e. The number of hydrogen-bond donors (Lipinski definition) is 2. The molecule has 7 nitrogen and oxygen atoms in total. The van der Waals surface area contributed by atoms with Crippen LogP contribution in [-0.4, -0.2) is 40.4 Å². The van der Waals surface area contributed by atoms with Crippen LogP contribution in [0.25, 0.3) is 0 Å². The van der Waals surface area contributed by atoms with Gasteiger partial charge >= 0.3 is 0 Å². The molecule has 2 aromatic rings. The Kier molecular flexibility index (Phi) is 7.11. The Bertz CT molecular complexity index is 706. The summed E-state index contributed by atoms with van der Waals surface area (Å²) in [7, 11) is 4.61. The van der Waals surface area contributed by atoms with Gasteiger partial charge in [0.2, 0.25) is 11.7 Å². The predicted octanol–water partition coefficient (Wildman–Crippen LogP) is 2.23. The van der Waals surface area contributed by atoms with Crippen LogP contribution in [0, 0.1) is 0 Å². The summed E-state index contributed by atoms with van der Waals surface area (Å²) in [5.74, 6) is 2.06. The van der Waals surface area contributed by atoms with Crippen LogP contribution < -0.4 is 30.0 Å². The van der Waals surface area contributed by atoms with E-state index in [2.05, 4.69) is 5.32 Å². The highest BCUT2D eigenvalue weighted by Gasteiger charge is 2.15. The normalized spacial score (nSPS) is 10.2. The van der Waals surface area contributed by atoms with E-state index < -0.39 is 0 Å². The number of amides is 1. The molecule has 0 aliphatic heterocycles. The second kappa shape index (κ2) is 9.53. The molecule has 0 aliphatic rings. The molecule has 0 heterocycles. The fraction of sp³-hybridized carbons (Fsp3) is 0.316. The maximum atomic E-state index is 12.3. The summed E-state index contributed by atoms with van der Waals surface area (Å²) < 4.78 is 21.3. The summed E-state index contributed by atoms with van der Waals surface area (Å²) in [5.41, 5.74) is 6.83. The van der Waals surface area contributed by atoms with E-state index >= 15 is 0 Å². The van der Waals surface area contributed by atoms with Gasteiger partial charge < -0.3 is 30.0 Å². The van der Waals surface area contributed by atoms with Crippen molar-refractivity contribution in [3.05, 3.63) is 42.0 Å². The van der Waals surface area contributed by atoms with Crippen molar-refractivity contribution in [1.82, 2.24) is 0 Å². The first-order valence-electron chi connectivity index (χ1n) is 8.13. The molecule has 0 spiro atoms. The molecule has 7 heteroatoms. The largest absolute Gasteiger partial charge is 0.493 e. The van der Waals surface area contributed by atoms with Gasteiger partial charge in [-0.1, -0.05) is 0 Å². The van der Waals surface area contributed by atoms with Gasteiger partial charge in [-0.3, -0.25) is 4.79 Å². The molecule has 2 rings (SSSR count). The standard InChI is InChI=1S/C19H24N2O5/c1-23-16-10-13(11-17(24-2)19(16)25-3)12-18(22)21-14-4-6-15(7-5-14)26-9-8-20/h4-7,10-11H,8-9,12,20H2,1-3H3,(H,21,22). The lowest BCUT2D eigenvalue weighted by Crippen LogP contribution is -2.14. The van der Waals surface area contributed by atoms with Crippen LogP contribution >= 0.6 is 0 Å². The first-order chi connectivity index (χ1) is 12.6. The second-order valence-corrected chi connectivity index (χ2v) is 5.42. The maximum absolute atomic E-state index is 12.3. The number of carbonyl (C=O) groups is 1. The molecule has 0 unspecified atom stereocenters. The molecule has 0 saturated carbocycles. The summed E-state index contributed by atoms with van der Waals surface area (Å²) >= 11 is 0. The minimum absolute atomic E-state index is 0.158. The summed E-state index contributed by atoms with van der Waals surface area (Å²) in [6.45, 7) is 0.903. The maximum Gasteiger partial charge on any atom is 0.228 e. The summed E-state index contributed by atoms with van der Waals surface area (Å²) in [5, 5.41) is 2.85. The zero-order valence-corrected chi connectivity index (χ0v) is 15.2. The molecule has 0 fully saturated rings. The van der Waals surface area contributed by atoms with Crippen LogP contribution in [0.5, 0.6) is 23.0 Å². The topological polar surface area (TPSA) is 92.0 Å². The average molecular weight is 360 g/mol. The molecular formula is C19H24N2O5.